The molecule has 0 aliphatic rings. The van der Waals surface area contributed by atoms with E-state index < -0.39 is 0 Å². The fraction of sp³-hybridized carbons (Fsp3) is 0.188. The summed E-state index contributed by atoms with van der Waals surface area (Å²) in [5, 5.41) is 0. The van der Waals surface area contributed by atoms with E-state index in [4.69, 9.17) is 19.9 Å². The normalized spacial score (nSPS) is 10.0. The van der Waals surface area contributed by atoms with Gasteiger partial charge in [-0.15, -0.1) is 0 Å². The Kier molecular flexibility index (Phi) is 4.33. The minimum Gasteiger partial charge on any atom is -0.496 e. The molecule has 2 aromatic carbocycles. The van der Waals surface area contributed by atoms with E-state index in [0.717, 1.165) is 0 Å². The Morgan fingerprint density at radius 1 is 0.905 bits per heavy atom. The highest BCUT2D eigenvalue weighted by Gasteiger charge is 2.21. The summed E-state index contributed by atoms with van der Waals surface area (Å²) in [7, 11) is 4.53. The maximum atomic E-state index is 12.7. The second-order valence-corrected chi connectivity index (χ2v) is 4.36. The van der Waals surface area contributed by atoms with E-state index in [1.807, 2.05) is 0 Å². The number of ketones is 1. The number of hydrogen-bond donors (Lipinski definition) is 1. The Hall–Kier alpha value is -2.69. The molecule has 2 rings (SSSR count). The minimum absolute atomic E-state index is 0.202. The minimum atomic E-state index is -0.202. The van der Waals surface area contributed by atoms with Crippen molar-refractivity contribution in [3.63, 3.8) is 0 Å². The molecule has 21 heavy (non-hydrogen) atoms. The molecule has 2 N–H and O–H groups in total. The third-order valence-corrected chi connectivity index (χ3v) is 3.11. The summed E-state index contributed by atoms with van der Waals surface area (Å²) in [4.78, 5) is 12.7. The first-order valence-electron chi connectivity index (χ1n) is 6.31. The molecule has 0 saturated heterocycles. The summed E-state index contributed by atoms with van der Waals surface area (Å²) in [5.41, 5.74) is 7.09. The molecular weight excluding hydrogens is 270 g/mol. The van der Waals surface area contributed by atoms with Gasteiger partial charge in [0.15, 0.2) is 0 Å². The van der Waals surface area contributed by atoms with E-state index in [9.17, 15) is 4.79 Å². The van der Waals surface area contributed by atoms with Gasteiger partial charge >= 0.3 is 0 Å². The summed E-state index contributed by atoms with van der Waals surface area (Å²) < 4.78 is 15.7. The quantitative estimate of drug-likeness (QED) is 0.676. The summed E-state index contributed by atoms with van der Waals surface area (Å²) in [6.45, 7) is 0. The Balaban J connectivity index is 2.55. The number of carbonyl (C=O) groups is 1. The van der Waals surface area contributed by atoms with Crippen molar-refractivity contribution < 1.29 is 19.0 Å². The van der Waals surface area contributed by atoms with Gasteiger partial charge in [0.2, 0.25) is 5.78 Å². The van der Waals surface area contributed by atoms with Crippen LogP contribution in [0.3, 0.4) is 0 Å². The van der Waals surface area contributed by atoms with E-state index in [1.165, 1.54) is 21.3 Å². The highest BCUT2D eigenvalue weighted by molar-refractivity contribution is 6.12. The number of hydrogen-bond acceptors (Lipinski definition) is 5. The van der Waals surface area contributed by atoms with Gasteiger partial charge < -0.3 is 19.9 Å². The fourth-order valence-corrected chi connectivity index (χ4v) is 2.01. The molecule has 0 heterocycles. The number of nitrogen functional groups attached to an aromatic ring is 1. The molecule has 0 radical (unpaired) electrons. The molecule has 0 aromatic heterocycles. The average molecular weight is 287 g/mol. The van der Waals surface area contributed by atoms with Crippen molar-refractivity contribution >= 4 is 11.5 Å². The SMILES string of the molecule is COc1cc(OC)c(C(=O)c2ccc(N)cc2)c(OC)c1. The first-order chi connectivity index (χ1) is 10.1. The Bertz CT molecular complexity index is 625. The topological polar surface area (TPSA) is 70.8 Å². The van der Waals surface area contributed by atoms with Crippen LogP contribution in [0.2, 0.25) is 0 Å². The Morgan fingerprint density at radius 2 is 1.43 bits per heavy atom. The molecule has 0 aliphatic carbocycles. The van der Waals surface area contributed by atoms with Gasteiger partial charge in [-0.05, 0) is 24.3 Å². The molecule has 5 nitrogen and oxygen atoms in total. The number of anilines is 1. The zero-order valence-electron chi connectivity index (χ0n) is 12.2. The van der Waals surface area contributed by atoms with Crippen molar-refractivity contribution in [2.75, 3.05) is 27.1 Å². The van der Waals surface area contributed by atoms with Crippen LogP contribution in [-0.2, 0) is 0 Å². The van der Waals surface area contributed by atoms with Gasteiger partial charge in [-0.1, -0.05) is 0 Å². The highest BCUT2D eigenvalue weighted by Crippen LogP contribution is 2.35. The van der Waals surface area contributed by atoms with Crippen LogP contribution in [0.25, 0.3) is 0 Å². The van der Waals surface area contributed by atoms with Crippen LogP contribution >= 0.6 is 0 Å². The molecule has 5 heteroatoms. The molecule has 0 fully saturated rings. The summed E-state index contributed by atoms with van der Waals surface area (Å²) in [6.07, 6.45) is 0. The number of carbonyl (C=O) groups excluding carboxylic acids is 1. The molecule has 0 amide bonds. The first-order valence-corrected chi connectivity index (χ1v) is 6.31. The van der Waals surface area contributed by atoms with Crippen LogP contribution < -0.4 is 19.9 Å². The van der Waals surface area contributed by atoms with Crippen molar-refractivity contribution in [1.82, 2.24) is 0 Å². The van der Waals surface area contributed by atoms with Crippen molar-refractivity contribution in [1.29, 1.82) is 0 Å². The van der Waals surface area contributed by atoms with Crippen LogP contribution in [0.1, 0.15) is 15.9 Å². The van der Waals surface area contributed by atoms with Crippen LogP contribution in [0.4, 0.5) is 5.69 Å². The summed E-state index contributed by atoms with van der Waals surface area (Å²) >= 11 is 0. The molecule has 2 aromatic rings. The maximum absolute atomic E-state index is 12.7. The lowest BCUT2D eigenvalue weighted by molar-refractivity contribution is 0.103. The largest absolute Gasteiger partial charge is 0.496 e. The van der Waals surface area contributed by atoms with E-state index >= 15 is 0 Å². The lowest BCUT2D eigenvalue weighted by atomic mass is 10.0. The van der Waals surface area contributed by atoms with Crippen molar-refractivity contribution in [3.8, 4) is 17.2 Å². The predicted octanol–water partition coefficient (Wildman–Crippen LogP) is 2.53. The first kappa shape index (κ1) is 14.7. The van der Waals surface area contributed by atoms with E-state index in [0.29, 0.717) is 34.1 Å². The van der Waals surface area contributed by atoms with Gasteiger partial charge in [-0.25, -0.2) is 0 Å². The molecule has 0 aliphatic heterocycles. The Labute approximate surface area is 123 Å². The van der Waals surface area contributed by atoms with Gasteiger partial charge in [0, 0.05) is 23.4 Å². The van der Waals surface area contributed by atoms with E-state index in [2.05, 4.69) is 0 Å². The average Bonchev–Trinajstić information content (AvgIpc) is 2.53. The van der Waals surface area contributed by atoms with Crippen LogP contribution in [-0.4, -0.2) is 27.1 Å². The van der Waals surface area contributed by atoms with Crippen molar-refractivity contribution in [2.45, 2.75) is 0 Å². The molecule has 0 saturated carbocycles. The van der Waals surface area contributed by atoms with Gasteiger partial charge in [0.05, 0.1) is 21.3 Å². The smallest absolute Gasteiger partial charge is 0.200 e. The predicted molar refractivity (Wildman–Crippen MR) is 80.4 cm³/mol. The highest BCUT2D eigenvalue weighted by atomic mass is 16.5. The zero-order valence-corrected chi connectivity index (χ0v) is 12.2. The lowest BCUT2D eigenvalue weighted by Crippen LogP contribution is -2.07. The van der Waals surface area contributed by atoms with Crippen LogP contribution in [0.15, 0.2) is 36.4 Å². The molecule has 0 bridgehead atoms. The van der Waals surface area contributed by atoms with E-state index in [-0.39, 0.29) is 5.78 Å². The van der Waals surface area contributed by atoms with Gasteiger partial charge in [-0.2, -0.15) is 0 Å². The number of benzene rings is 2. The van der Waals surface area contributed by atoms with Crippen molar-refractivity contribution in [3.05, 3.63) is 47.5 Å². The standard InChI is InChI=1S/C16H17NO4/c1-19-12-8-13(20-2)15(14(9-12)21-3)16(18)10-4-6-11(17)7-5-10/h4-9H,17H2,1-3H3. The second kappa shape index (κ2) is 6.17. The third-order valence-electron chi connectivity index (χ3n) is 3.11. The molecule has 110 valence electrons. The van der Waals surface area contributed by atoms with Gasteiger partial charge in [0.25, 0.3) is 0 Å². The maximum Gasteiger partial charge on any atom is 0.200 e. The molecular formula is C16H17NO4. The lowest BCUT2D eigenvalue weighted by Gasteiger charge is -2.14. The molecule has 0 spiro atoms. The van der Waals surface area contributed by atoms with E-state index in [1.54, 1.807) is 36.4 Å². The van der Waals surface area contributed by atoms with Crippen molar-refractivity contribution in [2.24, 2.45) is 0 Å². The zero-order chi connectivity index (χ0) is 15.4. The number of nitrogens with two attached hydrogens (primary N) is 1. The Morgan fingerprint density at radius 3 is 1.86 bits per heavy atom. The molecule has 0 unspecified atom stereocenters. The number of rotatable bonds is 5. The van der Waals surface area contributed by atoms with Gasteiger partial charge in [-0.3, -0.25) is 4.79 Å². The van der Waals surface area contributed by atoms with Crippen LogP contribution in [0.5, 0.6) is 17.2 Å². The van der Waals surface area contributed by atoms with Crippen LogP contribution in [0, 0.1) is 0 Å². The summed E-state index contributed by atoms with van der Waals surface area (Å²) in [6, 6.07) is 9.98. The summed E-state index contributed by atoms with van der Waals surface area (Å²) in [5.74, 6) is 1.14. The third kappa shape index (κ3) is 2.91. The fourth-order valence-electron chi connectivity index (χ4n) is 2.01. The monoisotopic (exact) mass is 287 g/mol. The molecule has 0 atom stereocenters. The second-order valence-electron chi connectivity index (χ2n) is 4.36. The van der Waals surface area contributed by atoms with Gasteiger partial charge in [0.1, 0.15) is 22.8 Å². The number of ether oxygens (including phenoxy) is 3. The number of methoxy groups -OCH3 is 3.